The third-order valence-corrected chi connectivity index (χ3v) is 3.32. The highest BCUT2D eigenvalue weighted by Crippen LogP contribution is 2.33. The van der Waals surface area contributed by atoms with Crippen molar-refractivity contribution in [3.8, 4) is 11.8 Å². The molecule has 0 saturated heterocycles. The van der Waals surface area contributed by atoms with Gasteiger partial charge >= 0.3 is 6.01 Å². The molecule has 0 fully saturated rings. The van der Waals surface area contributed by atoms with E-state index < -0.39 is 0 Å². The van der Waals surface area contributed by atoms with Crippen LogP contribution in [0.1, 0.15) is 52.7 Å². The van der Waals surface area contributed by atoms with Gasteiger partial charge in [0.1, 0.15) is 18.4 Å². The van der Waals surface area contributed by atoms with Crippen LogP contribution in [-0.2, 0) is 10.8 Å². The summed E-state index contributed by atoms with van der Waals surface area (Å²) in [5.41, 5.74) is 2.58. The molecule has 1 aromatic heterocycles. The van der Waals surface area contributed by atoms with Crippen LogP contribution in [-0.4, -0.2) is 15.0 Å². The van der Waals surface area contributed by atoms with Gasteiger partial charge in [-0.15, -0.1) is 0 Å². The van der Waals surface area contributed by atoms with Gasteiger partial charge in [0.05, 0.1) is 0 Å². The van der Waals surface area contributed by atoms with E-state index in [1.807, 2.05) is 0 Å². The van der Waals surface area contributed by atoms with E-state index in [-0.39, 0.29) is 10.8 Å². The predicted octanol–water partition coefficient (Wildman–Crippen LogP) is 4.26. The average molecular weight is 285 g/mol. The number of hydrogen-bond donors (Lipinski definition) is 0. The normalized spacial score (nSPS) is 12.3. The van der Waals surface area contributed by atoms with Crippen molar-refractivity contribution in [2.45, 2.75) is 52.4 Å². The maximum absolute atomic E-state index is 5.79. The van der Waals surface area contributed by atoms with E-state index in [9.17, 15) is 0 Å². The highest BCUT2D eigenvalue weighted by Gasteiger charge is 2.21. The molecule has 0 aliphatic carbocycles. The largest absolute Gasteiger partial charge is 0.424 e. The van der Waals surface area contributed by atoms with Crippen LogP contribution < -0.4 is 4.74 Å². The highest BCUT2D eigenvalue weighted by molar-refractivity contribution is 5.41. The summed E-state index contributed by atoms with van der Waals surface area (Å²) in [6.45, 7) is 13.2. The third kappa shape index (κ3) is 4.00. The predicted molar refractivity (Wildman–Crippen MR) is 83.7 cm³/mol. The second kappa shape index (κ2) is 5.43. The van der Waals surface area contributed by atoms with E-state index in [2.05, 4.69) is 74.7 Å². The third-order valence-electron chi connectivity index (χ3n) is 3.32. The first-order chi connectivity index (χ1) is 9.66. The Labute approximate surface area is 126 Å². The lowest BCUT2D eigenvalue weighted by Crippen LogP contribution is -2.16. The fourth-order valence-corrected chi connectivity index (χ4v) is 1.91. The van der Waals surface area contributed by atoms with Gasteiger partial charge in [0, 0.05) is 0 Å². The van der Waals surface area contributed by atoms with E-state index in [0.717, 1.165) is 5.75 Å². The van der Waals surface area contributed by atoms with Crippen molar-refractivity contribution in [2.24, 2.45) is 0 Å². The number of aromatic nitrogens is 3. The average Bonchev–Trinajstić information content (AvgIpc) is 2.37. The molecule has 0 unspecified atom stereocenters. The fraction of sp³-hybridized carbons (Fsp3) is 0.471. The van der Waals surface area contributed by atoms with Gasteiger partial charge in [-0.1, -0.05) is 47.6 Å². The summed E-state index contributed by atoms with van der Waals surface area (Å²) < 4.78 is 5.79. The number of hydrogen-bond acceptors (Lipinski definition) is 4. The minimum atomic E-state index is 0.0540. The Hall–Kier alpha value is -1.97. The van der Waals surface area contributed by atoms with Crippen molar-refractivity contribution in [1.82, 2.24) is 15.0 Å². The lowest BCUT2D eigenvalue weighted by molar-refractivity contribution is 0.434. The van der Waals surface area contributed by atoms with Gasteiger partial charge in [-0.05, 0) is 34.1 Å². The molecular formula is C17H23N3O. The van der Waals surface area contributed by atoms with Gasteiger partial charge in [-0.2, -0.15) is 9.97 Å². The van der Waals surface area contributed by atoms with Crippen LogP contribution in [0, 0.1) is 0 Å². The Balaban J connectivity index is 2.45. The quantitative estimate of drug-likeness (QED) is 0.827. The molecule has 0 aliphatic heterocycles. The molecule has 0 bridgehead atoms. The maximum atomic E-state index is 5.79. The van der Waals surface area contributed by atoms with Crippen molar-refractivity contribution >= 4 is 0 Å². The second-order valence-corrected chi connectivity index (χ2v) is 7.27. The van der Waals surface area contributed by atoms with E-state index in [4.69, 9.17) is 4.74 Å². The summed E-state index contributed by atoms with van der Waals surface area (Å²) >= 11 is 0. The van der Waals surface area contributed by atoms with Crippen LogP contribution in [0.3, 0.4) is 0 Å². The molecular weight excluding hydrogens is 262 g/mol. The molecule has 4 nitrogen and oxygen atoms in total. The van der Waals surface area contributed by atoms with E-state index in [1.165, 1.54) is 23.8 Å². The van der Waals surface area contributed by atoms with Gasteiger partial charge < -0.3 is 4.74 Å². The van der Waals surface area contributed by atoms with Gasteiger partial charge in [-0.3, -0.25) is 0 Å². The van der Waals surface area contributed by atoms with Crippen molar-refractivity contribution in [3.63, 3.8) is 0 Å². The molecule has 0 spiro atoms. The molecule has 0 amide bonds. The van der Waals surface area contributed by atoms with Gasteiger partial charge in [0.15, 0.2) is 0 Å². The molecule has 21 heavy (non-hydrogen) atoms. The lowest BCUT2D eigenvalue weighted by Gasteiger charge is -2.25. The van der Waals surface area contributed by atoms with Crippen molar-refractivity contribution in [3.05, 3.63) is 42.0 Å². The molecule has 0 aliphatic rings. The number of benzene rings is 1. The standard InChI is InChI=1S/C17H23N3O/c1-16(2,3)12-7-13(17(4,5)6)9-14(8-12)21-15-19-10-18-11-20-15/h7-11H,1-6H3. The van der Waals surface area contributed by atoms with Crippen molar-refractivity contribution in [1.29, 1.82) is 0 Å². The zero-order chi connectivity index (χ0) is 15.7. The highest BCUT2D eigenvalue weighted by atomic mass is 16.5. The fourth-order valence-electron chi connectivity index (χ4n) is 1.91. The minimum absolute atomic E-state index is 0.0540. The molecule has 1 heterocycles. The summed E-state index contributed by atoms with van der Waals surface area (Å²) in [5, 5.41) is 0. The minimum Gasteiger partial charge on any atom is -0.424 e. The van der Waals surface area contributed by atoms with Crippen LogP contribution in [0.4, 0.5) is 0 Å². The topological polar surface area (TPSA) is 47.9 Å². The van der Waals surface area contributed by atoms with Crippen LogP contribution in [0.2, 0.25) is 0 Å². The van der Waals surface area contributed by atoms with Crippen molar-refractivity contribution < 1.29 is 4.74 Å². The SMILES string of the molecule is CC(C)(C)c1cc(Oc2ncncn2)cc(C(C)(C)C)c1. The van der Waals surface area contributed by atoms with Crippen LogP contribution in [0.5, 0.6) is 11.8 Å². The van der Waals surface area contributed by atoms with E-state index in [1.54, 1.807) is 0 Å². The Morgan fingerprint density at radius 2 is 1.24 bits per heavy atom. The monoisotopic (exact) mass is 285 g/mol. The van der Waals surface area contributed by atoms with Crippen LogP contribution in [0.25, 0.3) is 0 Å². The Bertz CT molecular complexity index is 578. The number of nitrogens with zero attached hydrogens (tertiary/aromatic N) is 3. The molecule has 2 rings (SSSR count). The second-order valence-electron chi connectivity index (χ2n) is 7.27. The van der Waals surface area contributed by atoms with E-state index in [0.29, 0.717) is 6.01 Å². The summed E-state index contributed by atoms with van der Waals surface area (Å²) in [7, 11) is 0. The Morgan fingerprint density at radius 1 is 0.762 bits per heavy atom. The van der Waals surface area contributed by atoms with Gasteiger partial charge in [-0.25, -0.2) is 4.98 Å². The summed E-state index contributed by atoms with van der Waals surface area (Å²) in [6, 6.07) is 6.68. The van der Waals surface area contributed by atoms with Crippen LogP contribution >= 0.6 is 0 Å². The number of rotatable bonds is 2. The zero-order valence-electron chi connectivity index (χ0n) is 13.6. The summed E-state index contributed by atoms with van der Waals surface area (Å²) in [5.74, 6) is 0.763. The Morgan fingerprint density at radius 3 is 1.67 bits per heavy atom. The first-order valence-electron chi connectivity index (χ1n) is 7.12. The molecule has 4 heteroatoms. The zero-order valence-corrected chi connectivity index (χ0v) is 13.6. The van der Waals surface area contributed by atoms with Crippen LogP contribution in [0.15, 0.2) is 30.9 Å². The smallest absolute Gasteiger partial charge is 0.324 e. The number of ether oxygens (including phenoxy) is 1. The molecule has 1 aromatic carbocycles. The lowest BCUT2D eigenvalue weighted by atomic mass is 9.80. The molecule has 0 atom stereocenters. The molecule has 0 saturated carbocycles. The van der Waals surface area contributed by atoms with E-state index >= 15 is 0 Å². The van der Waals surface area contributed by atoms with Gasteiger partial charge in [0.25, 0.3) is 0 Å². The molecule has 0 N–H and O–H groups in total. The maximum Gasteiger partial charge on any atom is 0.324 e. The molecule has 0 radical (unpaired) electrons. The molecule has 2 aromatic rings. The summed E-state index contributed by atoms with van der Waals surface area (Å²) in [4.78, 5) is 11.8. The summed E-state index contributed by atoms with van der Waals surface area (Å²) in [6.07, 6.45) is 2.86. The first kappa shape index (κ1) is 15.4. The van der Waals surface area contributed by atoms with Gasteiger partial charge in [0.2, 0.25) is 0 Å². The van der Waals surface area contributed by atoms with Crippen molar-refractivity contribution in [2.75, 3.05) is 0 Å². The molecule has 112 valence electrons. The first-order valence-corrected chi connectivity index (χ1v) is 7.12. The Kier molecular flexibility index (Phi) is 3.99.